The molecule has 8 rings (SSSR count). The van der Waals surface area contributed by atoms with Gasteiger partial charge in [0.2, 0.25) is 65.0 Å². The Labute approximate surface area is 615 Å². The normalized spacial score (nSPS) is 27.9. The van der Waals surface area contributed by atoms with Crippen LogP contribution in [0.3, 0.4) is 0 Å². The zero-order chi connectivity index (χ0) is 76.4. The number of carbonyl (C=O) groups is 13. The van der Waals surface area contributed by atoms with E-state index in [1.165, 1.54) is 84.7 Å². The zero-order valence-corrected chi connectivity index (χ0v) is 63.6. The Hall–Kier alpha value is -7.39. The Morgan fingerprint density at radius 2 is 1.26 bits per heavy atom. The first-order valence-electron chi connectivity index (χ1n) is 37.9. The second kappa shape index (κ2) is 35.8. The molecular formula is C75H112ClF3N12O13. The number of alkyl halides is 3. The molecule has 4 heterocycles. The number of halogens is 4. The van der Waals surface area contributed by atoms with Crippen molar-refractivity contribution in [3.63, 3.8) is 0 Å². The first-order valence-corrected chi connectivity index (χ1v) is 38.3. The van der Waals surface area contributed by atoms with Gasteiger partial charge in [0, 0.05) is 74.9 Å². The summed E-state index contributed by atoms with van der Waals surface area (Å²) in [5, 5.41) is 8.09. The first-order chi connectivity index (χ1) is 49.1. The van der Waals surface area contributed by atoms with E-state index >= 15 is 28.8 Å². The highest BCUT2D eigenvalue weighted by Gasteiger charge is 2.52. The number of carbonyl (C=O) groups excluding carboxylic acids is 13. The van der Waals surface area contributed by atoms with E-state index in [4.69, 9.17) is 11.6 Å². The van der Waals surface area contributed by atoms with E-state index in [1.807, 2.05) is 20.8 Å². The Bertz CT molecular complexity index is 3340. The van der Waals surface area contributed by atoms with Crippen LogP contribution in [0.1, 0.15) is 200 Å². The van der Waals surface area contributed by atoms with Crippen molar-refractivity contribution in [3.8, 4) is 0 Å². The van der Waals surface area contributed by atoms with Crippen molar-refractivity contribution in [1.82, 2.24) is 60.0 Å². The molecule has 4 aliphatic heterocycles. The van der Waals surface area contributed by atoms with Crippen LogP contribution in [0.4, 0.5) is 13.2 Å². The molecule has 104 heavy (non-hydrogen) atoms. The maximum absolute atomic E-state index is 15.6. The van der Waals surface area contributed by atoms with Crippen LogP contribution in [-0.2, 0) is 74.9 Å². The van der Waals surface area contributed by atoms with Crippen LogP contribution in [0.2, 0.25) is 5.02 Å². The number of likely N-dealkylation sites (N-methyl/N-ethyl adjacent to an activating group) is 6. The van der Waals surface area contributed by atoms with Gasteiger partial charge < -0.3 is 60.0 Å². The number of nitrogens with one attached hydrogen (secondary N) is 3. The van der Waals surface area contributed by atoms with Crippen LogP contribution >= 0.6 is 11.6 Å². The van der Waals surface area contributed by atoms with Gasteiger partial charge in [-0.15, -0.1) is 0 Å². The molecule has 29 heteroatoms. The number of benzene rings is 1. The number of fused-ring (bicyclic) bond motifs is 2. The summed E-state index contributed by atoms with van der Waals surface area (Å²) in [6.07, 6.45) is 5.38. The van der Waals surface area contributed by atoms with Crippen molar-refractivity contribution >= 4 is 88.3 Å². The summed E-state index contributed by atoms with van der Waals surface area (Å²) < 4.78 is 41.7. The molecule has 1 spiro atoms. The minimum absolute atomic E-state index is 0.00172. The number of nitrogens with zero attached hydrogens (tertiary/aromatic N) is 9. The summed E-state index contributed by atoms with van der Waals surface area (Å²) in [5.41, 5.74) is -2.41. The molecule has 10 atom stereocenters. The van der Waals surface area contributed by atoms with E-state index in [-0.39, 0.29) is 94.2 Å². The summed E-state index contributed by atoms with van der Waals surface area (Å²) in [4.78, 5) is 207. The molecule has 578 valence electrons. The van der Waals surface area contributed by atoms with Gasteiger partial charge in [0.05, 0.1) is 23.6 Å². The molecule has 3 saturated carbocycles. The van der Waals surface area contributed by atoms with Gasteiger partial charge in [0.25, 0.3) is 5.91 Å². The first kappa shape index (κ1) is 82.3. The molecule has 0 unspecified atom stereocenters. The lowest BCUT2D eigenvalue weighted by Crippen LogP contribution is -2.65. The highest BCUT2D eigenvalue weighted by atomic mass is 35.5. The minimum Gasteiger partial charge on any atom is -0.343 e. The van der Waals surface area contributed by atoms with E-state index in [9.17, 15) is 46.7 Å². The van der Waals surface area contributed by atoms with Crippen LogP contribution < -0.4 is 16.0 Å². The number of ketones is 1. The summed E-state index contributed by atoms with van der Waals surface area (Å²) in [7, 11) is 8.29. The summed E-state index contributed by atoms with van der Waals surface area (Å²) >= 11 is 6.16. The quantitative estimate of drug-likeness (QED) is 0.188. The van der Waals surface area contributed by atoms with Crippen molar-refractivity contribution in [2.24, 2.45) is 23.7 Å². The Kier molecular flexibility index (Phi) is 28.3. The maximum Gasteiger partial charge on any atom is 0.417 e. The van der Waals surface area contributed by atoms with E-state index < -0.39 is 172 Å². The summed E-state index contributed by atoms with van der Waals surface area (Å²) in [6.45, 7) is 8.80. The number of likely N-dealkylation sites (tertiary alicyclic amines) is 1. The molecule has 25 nitrogen and oxygen atoms in total. The van der Waals surface area contributed by atoms with Gasteiger partial charge >= 0.3 is 6.18 Å². The highest BCUT2D eigenvalue weighted by Crippen LogP contribution is 2.39. The van der Waals surface area contributed by atoms with E-state index in [1.54, 1.807) is 11.8 Å². The summed E-state index contributed by atoms with van der Waals surface area (Å²) in [6, 6.07) is -8.91. The van der Waals surface area contributed by atoms with Gasteiger partial charge in [-0.1, -0.05) is 116 Å². The van der Waals surface area contributed by atoms with Gasteiger partial charge in [-0.2, -0.15) is 13.2 Å². The van der Waals surface area contributed by atoms with Crippen LogP contribution in [0.15, 0.2) is 18.2 Å². The molecule has 3 aliphatic carbocycles. The minimum atomic E-state index is -4.78. The highest BCUT2D eigenvalue weighted by molar-refractivity contribution is 6.31. The maximum atomic E-state index is 15.6. The average Bonchev–Trinajstić information content (AvgIpc) is 1.42. The standard InChI is InChI=1S/C75H112ClF3N12O13/c1-12-46(4)62-71(102)84(7)47(5)66(97)91-38-32-55(91)68(99)88(11)63(59(92)42-49-23-15-13-16-24-49)72(103)83(6)44-60(93)80-53(31-29-50-28-30-51(52(76)40-50)75(77,78)79)67(98)90-37-22-27-54(90)65(96)82-74(33-17-18-34-74)73(104)87(10)57(41-48-25-21-26-48)69(100)86(9)58(70(101)89-35-19-14-20-36-89)43-61(94)85(8)56(39-45(2)3)64(95)81-62/h28,30,40,45-49,53-58,62-63H,12-27,29,31-39,41-44H2,1-11H3,(H,80,93)(H,81,95)(H,82,96)/t46-,47-,53-,54-,55-,56-,57-,58-,62-,63-/m0/s1. The molecule has 0 radical (unpaired) electrons. The SMILES string of the molecule is CC[C@H](C)[C@@H]1NC(=O)[C@H](CC(C)C)N(C)C(=O)C[C@@H](C(=O)N2CCCCC2)N(C)C(=O)[C@H](CC2CCC2)N(C)C(=O)C2(CCCC2)NC(=O)[C@@H]2CCCN2C(=O)[C@H](CCc2ccc(C(F)(F)F)c(Cl)c2)NC(=O)CN(C)C(=O)[C@H](C(=O)CC2CCCCC2)N(C)C(=O)[C@@H]2CCN2C(=O)[C@H](C)N(C)C1=O. The van der Waals surface area contributed by atoms with E-state index in [0.717, 1.165) is 66.9 Å². The second-order valence-corrected chi connectivity index (χ2v) is 31.6. The smallest absolute Gasteiger partial charge is 0.343 e. The predicted octanol–water partition coefficient (Wildman–Crippen LogP) is 6.13. The van der Waals surface area contributed by atoms with E-state index in [2.05, 4.69) is 16.0 Å². The van der Waals surface area contributed by atoms with Gasteiger partial charge in [0.1, 0.15) is 53.9 Å². The lowest BCUT2D eigenvalue weighted by molar-refractivity contribution is -0.161. The van der Waals surface area contributed by atoms with Gasteiger partial charge in [-0.25, -0.2) is 0 Å². The van der Waals surface area contributed by atoms with Crippen LogP contribution in [0.5, 0.6) is 0 Å². The third kappa shape index (κ3) is 19.2. The predicted molar refractivity (Wildman–Crippen MR) is 381 cm³/mol. The zero-order valence-electron chi connectivity index (χ0n) is 62.8. The topological polar surface area (TPSA) is 287 Å². The van der Waals surface area contributed by atoms with Crippen molar-refractivity contribution in [1.29, 1.82) is 0 Å². The Morgan fingerprint density at radius 1 is 0.625 bits per heavy atom. The third-order valence-electron chi connectivity index (χ3n) is 23.5. The number of Topliss-reactive ketones (excluding diaryl/α,β-unsaturated/α-hetero) is 1. The molecule has 1 aromatic carbocycles. The van der Waals surface area contributed by atoms with Crippen molar-refractivity contribution in [3.05, 3.63) is 34.3 Å². The second-order valence-electron chi connectivity index (χ2n) is 31.2. The molecule has 3 N–H and O–H groups in total. The van der Waals surface area contributed by atoms with Crippen LogP contribution in [0, 0.1) is 23.7 Å². The molecule has 7 aliphatic rings. The number of piperidine rings is 1. The lowest BCUT2D eigenvalue weighted by Gasteiger charge is -2.45. The fourth-order valence-corrected chi connectivity index (χ4v) is 16.5. The Morgan fingerprint density at radius 3 is 1.85 bits per heavy atom. The number of amides is 12. The number of hydrogen-bond donors (Lipinski definition) is 3. The molecule has 12 amide bonds. The summed E-state index contributed by atoms with van der Waals surface area (Å²) in [5.74, 6) is -9.88. The number of hydrogen-bond acceptors (Lipinski definition) is 13. The fourth-order valence-electron chi connectivity index (χ4n) is 16.2. The van der Waals surface area contributed by atoms with Crippen molar-refractivity contribution < 1.29 is 75.5 Å². The fraction of sp³-hybridized carbons (Fsp3) is 0.747. The largest absolute Gasteiger partial charge is 0.417 e. The number of aryl methyl sites for hydroxylation is 1. The molecule has 0 bridgehead atoms. The third-order valence-corrected chi connectivity index (χ3v) is 23.8. The number of rotatable bonds is 13. The van der Waals surface area contributed by atoms with Crippen molar-refractivity contribution in [2.45, 2.75) is 261 Å². The van der Waals surface area contributed by atoms with Gasteiger partial charge in [0.15, 0.2) is 11.8 Å². The molecule has 1 aromatic rings. The van der Waals surface area contributed by atoms with E-state index in [0.29, 0.717) is 64.5 Å². The Balaban J connectivity index is 1.18. The van der Waals surface area contributed by atoms with Gasteiger partial charge in [-0.05, 0) is 125 Å². The average molecular weight is 1480 g/mol. The molecule has 7 fully saturated rings. The van der Waals surface area contributed by atoms with Gasteiger partial charge in [-0.3, -0.25) is 62.3 Å². The molecular weight excluding hydrogens is 1370 g/mol. The van der Waals surface area contributed by atoms with Crippen LogP contribution in [0.25, 0.3) is 0 Å². The van der Waals surface area contributed by atoms with Crippen LogP contribution in [-0.4, -0.2) is 256 Å². The van der Waals surface area contributed by atoms with Crippen molar-refractivity contribution in [2.75, 3.05) is 75.0 Å². The molecule has 0 aromatic heterocycles. The lowest BCUT2D eigenvalue weighted by atomic mass is 9.80. The molecule has 4 saturated heterocycles. The monoisotopic (exact) mass is 1480 g/mol.